The predicted molar refractivity (Wildman–Crippen MR) is 92.8 cm³/mol. The number of amides is 2. The number of methoxy groups -OCH3 is 1. The van der Waals surface area contributed by atoms with Crippen molar-refractivity contribution in [2.75, 3.05) is 7.11 Å². The van der Waals surface area contributed by atoms with Gasteiger partial charge in [-0.05, 0) is 23.8 Å². The molecule has 0 heterocycles. The molecule has 0 radical (unpaired) electrons. The van der Waals surface area contributed by atoms with Crippen LogP contribution in [0, 0.1) is 0 Å². The summed E-state index contributed by atoms with van der Waals surface area (Å²) in [7, 11) is 1.57. The lowest BCUT2D eigenvalue weighted by Crippen LogP contribution is -2.31. The Balaban J connectivity index is 1.75. The van der Waals surface area contributed by atoms with Crippen molar-refractivity contribution in [3.05, 3.63) is 64.7 Å². The number of halogens is 1. The highest BCUT2D eigenvalue weighted by molar-refractivity contribution is 6.30. The molecule has 0 unspecified atom stereocenters. The van der Waals surface area contributed by atoms with Gasteiger partial charge in [0.05, 0.1) is 7.11 Å². The van der Waals surface area contributed by atoms with Gasteiger partial charge in [-0.1, -0.05) is 41.9 Å². The molecule has 2 N–H and O–H groups in total. The largest absolute Gasteiger partial charge is 0.496 e. The quantitative estimate of drug-likeness (QED) is 0.757. The van der Waals surface area contributed by atoms with Crippen LogP contribution in [0.15, 0.2) is 48.5 Å². The van der Waals surface area contributed by atoms with E-state index in [2.05, 4.69) is 10.6 Å². The van der Waals surface area contributed by atoms with E-state index in [0.717, 1.165) is 11.1 Å². The van der Waals surface area contributed by atoms with E-state index < -0.39 is 0 Å². The van der Waals surface area contributed by atoms with Crippen molar-refractivity contribution < 1.29 is 14.3 Å². The maximum Gasteiger partial charge on any atom is 0.229 e. The Kier molecular flexibility index (Phi) is 6.63. The second-order valence-corrected chi connectivity index (χ2v) is 5.60. The first-order chi connectivity index (χ1) is 11.6. The van der Waals surface area contributed by atoms with E-state index in [4.69, 9.17) is 16.3 Å². The van der Waals surface area contributed by atoms with Gasteiger partial charge in [0, 0.05) is 23.7 Å². The molecule has 126 valence electrons. The first-order valence-electron chi connectivity index (χ1n) is 7.48. The van der Waals surface area contributed by atoms with Crippen molar-refractivity contribution in [1.82, 2.24) is 10.6 Å². The molecule has 0 aliphatic heterocycles. The summed E-state index contributed by atoms with van der Waals surface area (Å²) in [5.41, 5.74) is 1.78. The third-order valence-corrected chi connectivity index (χ3v) is 3.64. The molecular formula is C18H19ClN2O3. The molecule has 0 aromatic heterocycles. The monoisotopic (exact) mass is 346 g/mol. The normalized spacial score (nSPS) is 10.1. The van der Waals surface area contributed by atoms with Crippen LogP contribution in [0.3, 0.4) is 0 Å². The number of carbonyl (C=O) groups is 2. The lowest BCUT2D eigenvalue weighted by Gasteiger charge is -2.10. The van der Waals surface area contributed by atoms with E-state index in [9.17, 15) is 9.59 Å². The topological polar surface area (TPSA) is 67.4 Å². The van der Waals surface area contributed by atoms with Gasteiger partial charge in [0.25, 0.3) is 0 Å². The Hall–Kier alpha value is -2.53. The number of rotatable bonds is 7. The smallest absolute Gasteiger partial charge is 0.229 e. The van der Waals surface area contributed by atoms with Crippen molar-refractivity contribution in [2.24, 2.45) is 0 Å². The zero-order valence-corrected chi connectivity index (χ0v) is 14.1. The minimum Gasteiger partial charge on any atom is -0.496 e. The third-order valence-electron chi connectivity index (χ3n) is 3.39. The lowest BCUT2D eigenvalue weighted by atomic mass is 10.2. The van der Waals surface area contributed by atoms with Gasteiger partial charge in [0.15, 0.2) is 0 Å². The van der Waals surface area contributed by atoms with Gasteiger partial charge in [-0.2, -0.15) is 0 Å². The van der Waals surface area contributed by atoms with Crippen LogP contribution in [0.4, 0.5) is 0 Å². The van der Waals surface area contributed by atoms with Gasteiger partial charge in [-0.25, -0.2) is 0 Å². The number of benzene rings is 2. The van der Waals surface area contributed by atoms with Gasteiger partial charge in [0.2, 0.25) is 11.8 Å². The fraction of sp³-hybridized carbons (Fsp3) is 0.222. The third kappa shape index (κ3) is 5.59. The van der Waals surface area contributed by atoms with Gasteiger partial charge < -0.3 is 15.4 Å². The summed E-state index contributed by atoms with van der Waals surface area (Å²) in [5, 5.41) is 6.06. The molecule has 2 aromatic rings. The minimum absolute atomic E-state index is 0.220. The fourth-order valence-corrected chi connectivity index (χ4v) is 2.24. The highest BCUT2D eigenvalue weighted by Gasteiger charge is 2.10. The zero-order chi connectivity index (χ0) is 17.4. The number of hydrogen-bond acceptors (Lipinski definition) is 3. The van der Waals surface area contributed by atoms with Gasteiger partial charge >= 0.3 is 0 Å². The van der Waals surface area contributed by atoms with Crippen LogP contribution in [0.5, 0.6) is 5.75 Å². The molecule has 0 atom stereocenters. The Morgan fingerprint density at radius 3 is 2.25 bits per heavy atom. The van der Waals surface area contributed by atoms with E-state index in [0.29, 0.717) is 23.9 Å². The standard InChI is InChI=1S/C18H19ClN2O3/c1-24-16-5-3-2-4-14(16)12-21-18(23)10-17(22)20-11-13-6-8-15(19)9-7-13/h2-9H,10-12H2,1H3,(H,20,22)(H,21,23). The SMILES string of the molecule is COc1ccccc1CNC(=O)CC(=O)NCc1ccc(Cl)cc1. The van der Waals surface area contributed by atoms with Gasteiger partial charge in [-0.3, -0.25) is 9.59 Å². The Labute approximate surface area is 146 Å². The maximum absolute atomic E-state index is 11.9. The van der Waals surface area contributed by atoms with E-state index in [1.807, 2.05) is 36.4 Å². The highest BCUT2D eigenvalue weighted by atomic mass is 35.5. The summed E-state index contributed by atoms with van der Waals surface area (Å²) in [6.07, 6.45) is -0.220. The van der Waals surface area contributed by atoms with Crippen molar-refractivity contribution in [3.8, 4) is 5.75 Å². The molecule has 0 aliphatic carbocycles. The Morgan fingerprint density at radius 1 is 0.958 bits per heavy atom. The fourth-order valence-electron chi connectivity index (χ4n) is 2.12. The van der Waals surface area contributed by atoms with Crippen molar-refractivity contribution in [1.29, 1.82) is 0 Å². The van der Waals surface area contributed by atoms with E-state index in [1.165, 1.54) is 0 Å². The minimum atomic E-state index is -0.338. The second-order valence-electron chi connectivity index (χ2n) is 5.17. The van der Waals surface area contributed by atoms with Gasteiger partial charge in [-0.15, -0.1) is 0 Å². The molecule has 2 aromatic carbocycles. The first-order valence-corrected chi connectivity index (χ1v) is 7.86. The van der Waals surface area contributed by atoms with Crippen LogP contribution in [0.1, 0.15) is 17.5 Å². The summed E-state index contributed by atoms with van der Waals surface area (Å²) in [6, 6.07) is 14.6. The number of hydrogen-bond donors (Lipinski definition) is 2. The summed E-state index contributed by atoms with van der Waals surface area (Å²) in [4.78, 5) is 23.7. The van der Waals surface area contributed by atoms with Crippen LogP contribution < -0.4 is 15.4 Å². The number of nitrogens with one attached hydrogen (secondary N) is 2. The molecule has 0 bridgehead atoms. The number of ether oxygens (including phenoxy) is 1. The molecule has 0 aliphatic rings. The molecule has 0 fully saturated rings. The molecule has 2 amide bonds. The average Bonchev–Trinajstić information content (AvgIpc) is 2.59. The van der Waals surface area contributed by atoms with Gasteiger partial charge in [0.1, 0.15) is 12.2 Å². The highest BCUT2D eigenvalue weighted by Crippen LogP contribution is 2.16. The summed E-state index contributed by atoms with van der Waals surface area (Å²) >= 11 is 5.80. The molecule has 0 spiro atoms. The summed E-state index contributed by atoms with van der Waals surface area (Å²) in [5.74, 6) is 0.0296. The van der Waals surface area contributed by atoms with Crippen LogP contribution in [-0.4, -0.2) is 18.9 Å². The molecule has 6 heteroatoms. The molecular weight excluding hydrogens is 328 g/mol. The van der Waals surface area contributed by atoms with Crippen LogP contribution >= 0.6 is 11.6 Å². The molecule has 0 saturated carbocycles. The lowest BCUT2D eigenvalue weighted by molar-refractivity contribution is -0.129. The van der Waals surface area contributed by atoms with E-state index in [1.54, 1.807) is 19.2 Å². The van der Waals surface area contributed by atoms with Crippen LogP contribution in [-0.2, 0) is 22.7 Å². The number of para-hydroxylation sites is 1. The molecule has 2 rings (SSSR count). The molecule has 24 heavy (non-hydrogen) atoms. The summed E-state index contributed by atoms with van der Waals surface area (Å²) in [6.45, 7) is 0.670. The molecule has 5 nitrogen and oxygen atoms in total. The molecule has 0 saturated heterocycles. The predicted octanol–water partition coefficient (Wildman–Crippen LogP) is 2.67. The van der Waals surface area contributed by atoms with Crippen molar-refractivity contribution >= 4 is 23.4 Å². The Bertz CT molecular complexity index is 702. The second kappa shape index (κ2) is 8.93. The van der Waals surface area contributed by atoms with E-state index in [-0.39, 0.29) is 18.2 Å². The van der Waals surface area contributed by atoms with E-state index >= 15 is 0 Å². The Morgan fingerprint density at radius 2 is 1.58 bits per heavy atom. The average molecular weight is 347 g/mol. The first kappa shape index (κ1) is 17.8. The maximum atomic E-state index is 11.9. The number of carbonyl (C=O) groups excluding carboxylic acids is 2. The van der Waals surface area contributed by atoms with Crippen LogP contribution in [0.25, 0.3) is 0 Å². The zero-order valence-electron chi connectivity index (χ0n) is 13.3. The summed E-state index contributed by atoms with van der Waals surface area (Å²) < 4.78 is 5.21. The van der Waals surface area contributed by atoms with Crippen molar-refractivity contribution in [2.45, 2.75) is 19.5 Å². The van der Waals surface area contributed by atoms with Crippen LogP contribution in [0.2, 0.25) is 5.02 Å². The van der Waals surface area contributed by atoms with Crippen molar-refractivity contribution in [3.63, 3.8) is 0 Å².